The molecule has 0 unspecified atom stereocenters. The predicted molar refractivity (Wildman–Crippen MR) is 123 cm³/mol. The van der Waals surface area contributed by atoms with Crippen molar-refractivity contribution in [2.45, 2.75) is 37.5 Å². The van der Waals surface area contributed by atoms with E-state index in [0.717, 1.165) is 4.90 Å². The van der Waals surface area contributed by atoms with Crippen LogP contribution in [0.4, 0.5) is 16.2 Å². The molecule has 0 aromatic heterocycles. The maximum absolute atomic E-state index is 13.3. The largest absolute Gasteiger partial charge is 0.496 e. The van der Waals surface area contributed by atoms with Gasteiger partial charge >= 0.3 is 6.03 Å². The van der Waals surface area contributed by atoms with Crippen molar-refractivity contribution < 1.29 is 27.5 Å². The highest BCUT2D eigenvalue weighted by Gasteiger charge is 2.32. The van der Waals surface area contributed by atoms with E-state index in [-0.39, 0.29) is 40.5 Å². The molecule has 1 aliphatic heterocycles. The first kappa shape index (κ1) is 24.2. The molecule has 0 saturated carbocycles. The van der Waals surface area contributed by atoms with Crippen molar-refractivity contribution >= 4 is 39.2 Å². The normalized spacial score (nSPS) is 14.6. The number of primary sulfonamides is 1. The van der Waals surface area contributed by atoms with Crippen LogP contribution >= 0.6 is 0 Å². The van der Waals surface area contributed by atoms with E-state index in [4.69, 9.17) is 9.88 Å². The lowest BCUT2D eigenvalue weighted by Gasteiger charge is -2.30. The minimum atomic E-state index is -4.10. The van der Waals surface area contributed by atoms with Crippen molar-refractivity contribution in [3.63, 3.8) is 0 Å². The molecule has 176 valence electrons. The zero-order chi connectivity index (χ0) is 24.6. The smallest absolute Gasteiger partial charge is 0.328 e. The third-order valence-electron chi connectivity index (χ3n) is 5.10. The minimum Gasteiger partial charge on any atom is -0.496 e. The van der Waals surface area contributed by atoms with Crippen molar-refractivity contribution in [2.75, 3.05) is 23.9 Å². The highest BCUT2D eigenvalue weighted by atomic mass is 32.2. The molecule has 0 radical (unpaired) electrons. The van der Waals surface area contributed by atoms with Gasteiger partial charge in [-0.1, -0.05) is 32.9 Å². The molecule has 1 heterocycles. The molecule has 2 aromatic rings. The van der Waals surface area contributed by atoms with E-state index >= 15 is 0 Å². The summed E-state index contributed by atoms with van der Waals surface area (Å²) in [7, 11) is -2.70. The third-order valence-corrected chi connectivity index (χ3v) is 6.07. The van der Waals surface area contributed by atoms with E-state index in [9.17, 15) is 22.8 Å². The van der Waals surface area contributed by atoms with Crippen LogP contribution in [0, 0.1) is 0 Å². The van der Waals surface area contributed by atoms with Gasteiger partial charge in [-0.15, -0.1) is 0 Å². The van der Waals surface area contributed by atoms with Gasteiger partial charge in [0.25, 0.3) is 5.91 Å². The number of carbonyl (C=O) groups is 3. The van der Waals surface area contributed by atoms with Crippen LogP contribution in [0.2, 0.25) is 0 Å². The average Bonchev–Trinajstić information content (AvgIpc) is 2.72. The van der Waals surface area contributed by atoms with Gasteiger partial charge in [0.1, 0.15) is 10.6 Å². The van der Waals surface area contributed by atoms with Gasteiger partial charge in [-0.3, -0.25) is 9.59 Å². The summed E-state index contributed by atoms with van der Waals surface area (Å²) in [5, 5.41) is 10.4. The van der Waals surface area contributed by atoms with E-state index in [2.05, 4.69) is 10.6 Å². The number of imide groups is 1. The molecule has 33 heavy (non-hydrogen) atoms. The van der Waals surface area contributed by atoms with Crippen molar-refractivity contribution in [3.8, 4) is 5.75 Å². The van der Waals surface area contributed by atoms with Crippen LogP contribution in [0.1, 0.15) is 43.1 Å². The Labute approximate surface area is 192 Å². The number of para-hydroxylation sites is 1. The number of ether oxygens (including phenoxy) is 1. The first-order valence-electron chi connectivity index (χ1n) is 10.1. The first-order valence-corrected chi connectivity index (χ1v) is 11.7. The number of urea groups is 1. The van der Waals surface area contributed by atoms with E-state index in [0.29, 0.717) is 5.56 Å². The van der Waals surface area contributed by atoms with Crippen LogP contribution in [0.25, 0.3) is 0 Å². The number of methoxy groups -OCH3 is 1. The van der Waals surface area contributed by atoms with E-state index in [1.165, 1.54) is 31.4 Å². The summed E-state index contributed by atoms with van der Waals surface area (Å²) in [5.41, 5.74) is 0.271. The van der Waals surface area contributed by atoms with Gasteiger partial charge in [-0.25, -0.2) is 23.3 Å². The lowest BCUT2D eigenvalue weighted by atomic mass is 9.84. The van der Waals surface area contributed by atoms with Crippen molar-refractivity contribution in [1.29, 1.82) is 0 Å². The Morgan fingerprint density at radius 1 is 1.18 bits per heavy atom. The predicted octanol–water partition coefficient (Wildman–Crippen LogP) is 2.34. The number of amides is 4. The Hall–Kier alpha value is -3.44. The summed E-state index contributed by atoms with van der Waals surface area (Å²) in [4.78, 5) is 39.0. The number of anilines is 2. The lowest BCUT2D eigenvalue weighted by molar-refractivity contribution is -0.118. The highest BCUT2D eigenvalue weighted by Crippen LogP contribution is 2.38. The molecule has 10 nitrogen and oxygen atoms in total. The Kier molecular flexibility index (Phi) is 6.48. The fraction of sp³-hybridized carbons (Fsp3) is 0.318. The van der Waals surface area contributed by atoms with Gasteiger partial charge in [-0.05, 0) is 29.7 Å². The van der Waals surface area contributed by atoms with Crippen LogP contribution in [-0.2, 0) is 20.2 Å². The molecule has 3 rings (SSSR count). The zero-order valence-corrected chi connectivity index (χ0v) is 19.6. The molecule has 1 aliphatic rings. The standard InChI is InChI=1S/C22H26N4O6S/c1-22(2,3)15-12-13(26-18(27)9-10-24-21(26)29)11-14(19(15)32-4)20(28)25-16-7-5-6-8-17(16)33(23,30)31/h5-8,11-12H,9-10H2,1-4H3,(H,24,29)(H,25,28)(H2,23,30,31). The number of nitrogens with one attached hydrogen (secondary N) is 2. The van der Waals surface area contributed by atoms with Gasteiger partial charge in [0.2, 0.25) is 15.9 Å². The topological polar surface area (TPSA) is 148 Å². The van der Waals surface area contributed by atoms with Gasteiger partial charge in [0.15, 0.2) is 0 Å². The molecular weight excluding hydrogens is 448 g/mol. The van der Waals surface area contributed by atoms with Crippen LogP contribution in [0.5, 0.6) is 5.75 Å². The molecule has 4 N–H and O–H groups in total. The molecule has 0 aliphatic carbocycles. The quantitative estimate of drug-likeness (QED) is 0.606. The van der Waals surface area contributed by atoms with Crippen molar-refractivity contribution in [2.24, 2.45) is 5.14 Å². The summed E-state index contributed by atoms with van der Waals surface area (Å²) in [6.07, 6.45) is 0.117. The van der Waals surface area contributed by atoms with Gasteiger partial charge in [-0.2, -0.15) is 0 Å². The number of rotatable bonds is 5. The fourth-order valence-corrected chi connectivity index (χ4v) is 4.23. The average molecular weight is 475 g/mol. The van der Waals surface area contributed by atoms with Gasteiger partial charge < -0.3 is 15.4 Å². The van der Waals surface area contributed by atoms with Crippen LogP contribution in [0.15, 0.2) is 41.3 Å². The zero-order valence-electron chi connectivity index (χ0n) is 18.8. The maximum atomic E-state index is 13.3. The summed E-state index contributed by atoms with van der Waals surface area (Å²) >= 11 is 0. The second-order valence-electron chi connectivity index (χ2n) is 8.53. The Morgan fingerprint density at radius 2 is 1.85 bits per heavy atom. The van der Waals surface area contributed by atoms with E-state index in [1.807, 2.05) is 20.8 Å². The van der Waals surface area contributed by atoms with Crippen molar-refractivity contribution in [1.82, 2.24) is 5.32 Å². The molecule has 0 atom stereocenters. The fourth-order valence-electron chi connectivity index (χ4n) is 3.54. The number of nitrogens with two attached hydrogens (primary N) is 1. The van der Waals surface area contributed by atoms with Crippen molar-refractivity contribution in [3.05, 3.63) is 47.5 Å². The molecule has 1 saturated heterocycles. The van der Waals surface area contributed by atoms with E-state index in [1.54, 1.807) is 12.1 Å². The minimum absolute atomic E-state index is 0.0124. The molecule has 1 fully saturated rings. The van der Waals surface area contributed by atoms with E-state index < -0.39 is 33.3 Å². The highest BCUT2D eigenvalue weighted by molar-refractivity contribution is 7.89. The summed E-state index contributed by atoms with van der Waals surface area (Å²) in [5.74, 6) is -0.864. The van der Waals surface area contributed by atoms with Gasteiger partial charge in [0, 0.05) is 18.5 Å². The molecule has 0 spiro atoms. The maximum Gasteiger partial charge on any atom is 0.328 e. The lowest BCUT2D eigenvalue weighted by Crippen LogP contribution is -2.50. The van der Waals surface area contributed by atoms with Crippen LogP contribution in [-0.4, -0.2) is 39.9 Å². The number of carbonyl (C=O) groups excluding carboxylic acids is 3. The second-order valence-corrected chi connectivity index (χ2v) is 10.1. The monoisotopic (exact) mass is 474 g/mol. The number of benzene rings is 2. The summed E-state index contributed by atoms with van der Waals surface area (Å²) in [6.45, 7) is 5.91. The Morgan fingerprint density at radius 3 is 2.42 bits per heavy atom. The Balaban J connectivity index is 2.17. The third kappa shape index (κ3) is 4.99. The number of hydrogen-bond acceptors (Lipinski definition) is 6. The van der Waals surface area contributed by atoms with Crippen LogP contribution in [0.3, 0.4) is 0 Å². The SMILES string of the molecule is COc1c(C(=O)Nc2ccccc2S(N)(=O)=O)cc(N2C(=O)CCNC2=O)cc1C(C)(C)C. The second kappa shape index (κ2) is 8.83. The van der Waals surface area contributed by atoms with Gasteiger partial charge in [0.05, 0.1) is 24.0 Å². The molecular formula is C22H26N4O6S. The summed E-state index contributed by atoms with van der Waals surface area (Å²) < 4.78 is 29.4. The number of hydrogen-bond donors (Lipinski definition) is 3. The molecule has 4 amide bonds. The molecule has 0 bridgehead atoms. The summed E-state index contributed by atoms with van der Waals surface area (Å²) in [6, 6.07) is 8.12. The number of nitrogens with zero attached hydrogens (tertiary/aromatic N) is 1. The molecule has 11 heteroatoms. The Bertz CT molecular complexity index is 1220. The number of sulfonamides is 1. The van der Waals surface area contributed by atoms with Crippen LogP contribution < -0.4 is 25.4 Å². The first-order chi connectivity index (χ1) is 15.3. The molecule has 2 aromatic carbocycles.